The van der Waals surface area contributed by atoms with Crippen LogP contribution in [0.1, 0.15) is 5.56 Å². The number of benzene rings is 1. The standard InChI is InChI=1S/C15H12Cl2F3N3S/c1-21-14(9-3-2-4-22-7-9)23-12-6-13(11(17)5-10(12)16)24-8-15(18,19)20/h2-7H,8H2,1H3,(H,21,23). The van der Waals surface area contributed by atoms with Crippen LogP contribution >= 0.6 is 35.0 Å². The van der Waals surface area contributed by atoms with Crippen LogP contribution in [0.3, 0.4) is 0 Å². The number of alkyl halides is 3. The first-order chi connectivity index (χ1) is 11.3. The predicted octanol–water partition coefficient (Wildman–Crippen LogP) is 5.34. The molecule has 1 aromatic carbocycles. The van der Waals surface area contributed by atoms with Crippen molar-refractivity contribution in [1.29, 1.82) is 0 Å². The molecule has 0 saturated carbocycles. The summed E-state index contributed by atoms with van der Waals surface area (Å²) in [6.45, 7) is 0. The zero-order chi connectivity index (χ0) is 17.7. The van der Waals surface area contributed by atoms with Gasteiger partial charge in [-0.3, -0.25) is 4.98 Å². The number of hydrogen-bond donors (Lipinski definition) is 1. The van der Waals surface area contributed by atoms with Crippen molar-refractivity contribution in [2.24, 2.45) is 4.99 Å². The molecule has 1 aromatic heterocycles. The Morgan fingerprint density at radius 3 is 2.62 bits per heavy atom. The summed E-state index contributed by atoms with van der Waals surface area (Å²) >= 11 is 12.7. The Labute approximate surface area is 151 Å². The van der Waals surface area contributed by atoms with Gasteiger partial charge in [-0.1, -0.05) is 23.2 Å². The maximum atomic E-state index is 12.4. The Balaban J connectivity index is 2.37. The number of amidine groups is 1. The molecule has 0 amide bonds. The molecule has 0 radical (unpaired) electrons. The molecule has 2 aromatic rings. The van der Waals surface area contributed by atoms with Crippen LogP contribution < -0.4 is 5.32 Å². The van der Waals surface area contributed by atoms with Gasteiger partial charge in [0.15, 0.2) is 0 Å². The molecule has 3 nitrogen and oxygen atoms in total. The third kappa shape index (κ3) is 5.29. The topological polar surface area (TPSA) is 37.3 Å². The molecule has 24 heavy (non-hydrogen) atoms. The van der Waals surface area contributed by atoms with Gasteiger partial charge in [0.05, 0.1) is 21.5 Å². The van der Waals surface area contributed by atoms with E-state index >= 15 is 0 Å². The van der Waals surface area contributed by atoms with Crippen LogP contribution in [0.2, 0.25) is 10.0 Å². The van der Waals surface area contributed by atoms with Gasteiger partial charge in [0, 0.05) is 29.9 Å². The van der Waals surface area contributed by atoms with Crippen molar-refractivity contribution in [1.82, 2.24) is 10.3 Å². The van der Waals surface area contributed by atoms with Crippen LogP contribution in [0.15, 0.2) is 46.5 Å². The van der Waals surface area contributed by atoms with Crippen LogP contribution in [0.25, 0.3) is 0 Å². The second kappa shape index (κ2) is 8.09. The molecular formula is C15H12Cl2F3N3S. The minimum atomic E-state index is -4.29. The molecule has 2 rings (SSSR count). The Bertz CT molecular complexity index is 737. The first-order valence-electron chi connectivity index (χ1n) is 6.65. The average molecular weight is 394 g/mol. The van der Waals surface area contributed by atoms with E-state index in [0.717, 1.165) is 5.56 Å². The zero-order valence-electron chi connectivity index (χ0n) is 12.4. The monoisotopic (exact) mass is 393 g/mol. The number of pyridine rings is 1. The Morgan fingerprint density at radius 1 is 1.29 bits per heavy atom. The van der Waals surface area contributed by atoms with Gasteiger partial charge in [0.2, 0.25) is 0 Å². The van der Waals surface area contributed by atoms with E-state index in [9.17, 15) is 13.2 Å². The van der Waals surface area contributed by atoms with Crippen molar-refractivity contribution in [2.45, 2.75) is 11.1 Å². The van der Waals surface area contributed by atoms with Crippen molar-refractivity contribution >= 4 is 46.5 Å². The van der Waals surface area contributed by atoms with E-state index in [1.165, 1.54) is 12.1 Å². The van der Waals surface area contributed by atoms with Crippen LogP contribution in [0.5, 0.6) is 0 Å². The molecule has 9 heteroatoms. The maximum absolute atomic E-state index is 12.4. The van der Waals surface area contributed by atoms with Crippen molar-refractivity contribution in [3.63, 3.8) is 0 Å². The van der Waals surface area contributed by atoms with Crippen LogP contribution in [0, 0.1) is 0 Å². The highest BCUT2D eigenvalue weighted by Crippen LogP contribution is 2.38. The smallest absolute Gasteiger partial charge is 0.373 e. The molecule has 0 unspecified atom stereocenters. The lowest BCUT2D eigenvalue weighted by Crippen LogP contribution is -2.19. The van der Waals surface area contributed by atoms with Crippen molar-refractivity contribution < 1.29 is 13.2 Å². The maximum Gasteiger partial charge on any atom is 0.398 e. The predicted molar refractivity (Wildman–Crippen MR) is 92.7 cm³/mol. The summed E-state index contributed by atoms with van der Waals surface area (Å²) in [6.07, 6.45) is -1.06. The number of halogens is 5. The molecule has 128 valence electrons. The van der Waals surface area contributed by atoms with Gasteiger partial charge in [-0.2, -0.15) is 13.2 Å². The van der Waals surface area contributed by atoms with E-state index in [2.05, 4.69) is 15.3 Å². The summed E-state index contributed by atoms with van der Waals surface area (Å²) < 4.78 is 37.2. The number of hydrogen-bond acceptors (Lipinski definition) is 3. The van der Waals surface area contributed by atoms with E-state index in [-0.39, 0.29) is 14.9 Å². The second-order valence-corrected chi connectivity index (χ2v) is 6.42. The largest absolute Gasteiger partial charge is 0.398 e. The van der Waals surface area contributed by atoms with Crippen molar-refractivity contribution in [3.05, 3.63) is 52.3 Å². The van der Waals surface area contributed by atoms with Crippen molar-refractivity contribution in [2.75, 3.05) is 12.8 Å². The van der Waals surface area contributed by atoms with E-state index in [4.69, 9.17) is 23.2 Å². The Hall–Kier alpha value is -1.44. The Morgan fingerprint density at radius 2 is 2.04 bits per heavy atom. The molecule has 0 fully saturated rings. The number of nitrogens with zero attached hydrogens (tertiary/aromatic N) is 2. The molecule has 0 aliphatic rings. The number of aliphatic imine (C=N–C) groups is 1. The fourth-order valence-corrected chi connectivity index (χ4v) is 3.06. The third-order valence-corrected chi connectivity index (χ3v) is 4.64. The highest BCUT2D eigenvalue weighted by molar-refractivity contribution is 7.99. The second-order valence-electron chi connectivity index (χ2n) is 4.59. The van der Waals surface area contributed by atoms with Crippen LogP contribution in [-0.4, -0.2) is 29.8 Å². The SMILES string of the molecule is CN/C(=N\c1cc(SCC(F)(F)F)c(Cl)cc1Cl)c1cccnc1. The highest BCUT2D eigenvalue weighted by Gasteiger charge is 2.27. The first kappa shape index (κ1) is 18.9. The lowest BCUT2D eigenvalue weighted by atomic mass is 10.2. The fraction of sp³-hybridized carbons (Fsp3) is 0.200. The number of rotatable bonds is 4. The molecule has 0 atom stereocenters. The zero-order valence-corrected chi connectivity index (χ0v) is 14.7. The Kier molecular flexibility index (Phi) is 6.37. The number of nitrogens with one attached hydrogen (secondary N) is 1. The molecule has 0 aliphatic heterocycles. The third-order valence-electron chi connectivity index (χ3n) is 2.80. The number of thioether (sulfide) groups is 1. The molecule has 0 bridgehead atoms. The lowest BCUT2D eigenvalue weighted by Gasteiger charge is -2.11. The minimum Gasteiger partial charge on any atom is -0.373 e. The molecule has 0 spiro atoms. The molecule has 1 heterocycles. The van der Waals surface area contributed by atoms with Gasteiger partial charge in [0.1, 0.15) is 5.84 Å². The average Bonchev–Trinajstić information content (AvgIpc) is 2.53. The molecule has 0 aliphatic carbocycles. The van der Waals surface area contributed by atoms with Crippen LogP contribution in [0.4, 0.5) is 18.9 Å². The van der Waals surface area contributed by atoms with Gasteiger partial charge >= 0.3 is 6.18 Å². The summed E-state index contributed by atoms with van der Waals surface area (Å²) in [5.41, 5.74) is 1.04. The molecular weight excluding hydrogens is 382 g/mol. The van der Waals surface area contributed by atoms with Crippen LogP contribution in [-0.2, 0) is 0 Å². The molecule has 1 N–H and O–H groups in total. The van der Waals surface area contributed by atoms with Gasteiger partial charge in [-0.25, -0.2) is 4.99 Å². The normalized spacial score (nSPS) is 12.3. The summed E-state index contributed by atoms with van der Waals surface area (Å²) in [5, 5.41) is 3.31. The van der Waals surface area contributed by atoms with E-state index in [1.807, 2.05) is 0 Å². The van der Waals surface area contributed by atoms with Gasteiger partial charge in [-0.15, -0.1) is 11.8 Å². The fourth-order valence-electron chi connectivity index (χ4n) is 1.76. The minimum absolute atomic E-state index is 0.153. The van der Waals surface area contributed by atoms with E-state index in [1.54, 1.807) is 31.6 Å². The lowest BCUT2D eigenvalue weighted by molar-refractivity contribution is -0.105. The summed E-state index contributed by atoms with van der Waals surface area (Å²) in [5.74, 6) is -0.557. The summed E-state index contributed by atoms with van der Waals surface area (Å²) in [7, 11) is 1.68. The van der Waals surface area contributed by atoms with Crippen molar-refractivity contribution in [3.8, 4) is 0 Å². The van der Waals surface area contributed by atoms with Gasteiger partial charge in [0.25, 0.3) is 0 Å². The quantitative estimate of drug-likeness (QED) is 0.432. The highest BCUT2D eigenvalue weighted by atomic mass is 35.5. The van der Waals surface area contributed by atoms with Gasteiger partial charge < -0.3 is 5.32 Å². The summed E-state index contributed by atoms with van der Waals surface area (Å²) in [6, 6.07) is 6.37. The summed E-state index contributed by atoms with van der Waals surface area (Å²) in [4.78, 5) is 8.64. The van der Waals surface area contributed by atoms with E-state index in [0.29, 0.717) is 23.3 Å². The van der Waals surface area contributed by atoms with Gasteiger partial charge in [-0.05, 0) is 24.3 Å². The van der Waals surface area contributed by atoms with E-state index < -0.39 is 11.9 Å². The first-order valence-corrected chi connectivity index (χ1v) is 8.40. The molecule has 0 saturated heterocycles. The number of aromatic nitrogens is 1.